The van der Waals surface area contributed by atoms with Gasteiger partial charge in [-0.2, -0.15) is 0 Å². The molecule has 1 aromatic heterocycles. The smallest absolute Gasteiger partial charge is 0.0705 e. The Morgan fingerprint density at radius 1 is 1.05 bits per heavy atom. The lowest BCUT2D eigenvalue weighted by molar-refractivity contribution is 0.248. The predicted octanol–water partition coefficient (Wildman–Crippen LogP) is 2.56. The van der Waals surface area contributed by atoms with Gasteiger partial charge in [0, 0.05) is 37.1 Å². The normalized spacial score (nSPS) is 26.8. The van der Waals surface area contributed by atoms with Gasteiger partial charge in [0.05, 0.1) is 11.2 Å². The molecular weight excluding hydrogens is 246 g/mol. The van der Waals surface area contributed by atoms with Gasteiger partial charge in [-0.25, -0.2) is 0 Å². The molecule has 0 spiro atoms. The van der Waals surface area contributed by atoms with E-state index in [0.717, 1.165) is 18.1 Å². The van der Waals surface area contributed by atoms with E-state index in [1.807, 2.05) is 0 Å². The number of fused-ring (bicyclic) bond motifs is 3. The van der Waals surface area contributed by atoms with Crippen LogP contribution in [0.1, 0.15) is 25.0 Å². The molecule has 4 rings (SSSR count). The second-order valence-electron chi connectivity index (χ2n) is 6.16. The summed E-state index contributed by atoms with van der Waals surface area (Å²) in [5.41, 5.74) is 2.31. The Hall–Kier alpha value is -1.45. The van der Waals surface area contributed by atoms with Crippen molar-refractivity contribution in [2.24, 2.45) is 0 Å². The fraction of sp³-hybridized carbons (Fsp3) is 0.471. The first-order valence-electron chi connectivity index (χ1n) is 7.70. The number of para-hydroxylation sites is 1. The molecule has 2 unspecified atom stereocenters. The van der Waals surface area contributed by atoms with Crippen LogP contribution >= 0.6 is 0 Å². The standard InChI is InChI=1S/C17H21N3/c1-2-4-17-13(3-1)5-6-16(19-17)12-20-10-9-14-7-8-15(11-20)18-14/h1-6,14-15,18H,7-12H2. The maximum atomic E-state index is 4.80. The number of nitrogens with zero attached hydrogens (tertiary/aromatic N) is 2. The van der Waals surface area contributed by atoms with Gasteiger partial charge in [0.15, 0.2) is 0 Å². The minimum absolute atomic E-state index is 0.697. The van der Waals surface area contributed by atoms with Crippen molar-refractivity contribution < 1.29 is 0 Å². The number of likely N-dealkylation sites (tertiary alicyclic amines) is 1. The number of hydrogen-bond donors (Lipinski definition) is 1. The zero-order valence-electron chi connectivity index (χ0n) is 11.8. The predicted molar refractivity (Wildman–Crippen MR) is 81.6 cm³/mol. The monoisotopic (exact) mass is 267 g/mol. The van der Waals surface area contributed by atoms with Crippen LogP contribution in [-0.2, 0) is 6.54 Å². The van der Waals surface area contributed by atoms with Crippen LogP contribution in [0.15, 0.2) is 36.4 Å². The Morgan fingerprint density at radius 2 is 1.95 bits per heavy atom. The second kappa shape index (κ2) is 5.15. The first-order chi connectivity index (χ1) is 9.87. The van der Waals surface area contributed by atoms with E-state index in [1.165, 1.54) is 43.4 Å². The van der Waals surface area contributed by atoms with E-state index in [0.29, 0.717) is 6.04 Å². The molecule has 3 heterocycles. The molecule has 20 heavy (non-hydrogen) atoms. The lowest BCUT2D eigenvalue weighted by Crippen LogP contribution is -2.35. The zero-order chi connectivity index (χ0) is 13.4. The number of pyridine rings is 1. The number of benzene rings is 1. The van der Waals surface area contributed by atoms with Crippen LogP contribution in [0.4, 0.5) is 0 Å². The van der Waals surface area contributed by atoms with Gasteiger partial charge in [-0.15, -0.1) is 0 Å². The van der Waals surface area contributed by atoms with Crippen LogP contribution in [0.2, 0.25) is 0 Å². The Balaban J connectivity index is 1.52. The second-order valence-corrected chi connectivity index (χ2v) is 6.16. The molecule has 2 atom stereocenters. The molecule has 2 saturated heterocycles. The van der Waals surface area contributed by atoms with Crippen molar-refractivity contribution in [1.82, 2.24) is 15.2 Å². The van der Waals surface area contributed by atoms with E-state index in [-0.39, 0.29) is 0 Å². The molecule has 0 saturated carbocycles. The van der Waals surface area contributed by atoms with E-state index < -0.39 is 0 Å². The van der Waals surface area contributed by atoms with Crippen LogP contribution in [0, 0.1) is 0 Å². The summed E-state index contributed by atoms with van der Waals surface area (Å²) in [6.45, 7) is 3.35. The van der Waals surface area contributed by atoms with Gasteiger partial charge in [0.1, 0.15) is 0 Å². The summed E-state index contributed by atoms with van der Waals surface area (Å²) in [5.74, 6) is 0. The van der Waals surface area contributed by atoms with Gasteiger partial charge in [-0.1, -0.05) is 24.3 Å². The first kappa shape index (κ1) is 12.3. The molecule has 2 aliphatic rings. The van der Waals surface area contributed by atoms with Gasteiger partial charge in [0.2, 0.25) is 0 Å². The van der Waals surface area contributed by atoms with Crippen molar-refractivity contribution in [2.45, 2.75) is 37.9 Å². The molecular formula is C17H21N3. The van der Waals surface area contributed by atoms with Gasteiger partial charge < -0.3 is 5.32 Å². The summed E-state index contributed by atoms with van der Waals surface area (Å²) >= 11 is 0. The summed E-state index contributed by atoms with van der Waals surface area (Å²) in [5, 5.41) is 4.97. The lowest BCUT2D eigenvalue weighted by Gasteiger charge is -2.23. The highest BCUT2D eigenvalue weighted by atomic mass is 15.2. The van der Waals surface area contributed by atoms with Gasteiger partial charge in [-0.3, -0.25) is 9.88 Å². The fourth-order valence-electron chi connectivity index (χ4n) is 3.58. The van der Waals surface area contributed by atoms with Crippen LogP contribution < -0.4 is 5.32 Å². The van der Waals surface area contributed by atoms with Gasteiger partial charge >= 0.3 is 0 Å². The third-order valence-electron chi connectivity index (χ3n) is 4.65. The average Bonchev–Trinajstić information content (AvgIpc) is 2.81. The van der Waals surface area contributed by atoms with Crippen molar-refractivity contribution in [2.75, 3.05) is 13.1 Å². The number of nitrogens with one attached hydrogen (secondary N) is 1. The van der Waals surface area contributed by atoms with E-state index >= 15 is 0 Å². The van der Waals surface area contributed by atoms with Crippen LogP contribution in [0.25, 0.3) is 10.9 Å². The number of aromatic nitrogens is 1. The molecule has 2 bridgehead atoms. The molecule has 2 fully saturated rings. The maximum Gasteiger partial charge on any atom is 0.0705 e. The summed E-state index contributed by atoms with van der Waals surface area (Å²) < 4.78 is 0. The highest BCUT2D eigenvalue weighted by Crippen LogP contribution is 2.21. The molecule has 3 nitrogen and oxygen atoms in total. The number of rotatable bonds is 2. The zero-order valence-corrected chi connectivity index (χ0v) is 11.8. The van der Waals surface area contributed by atoms with E-state index in [1.54, 1.807) is 0 Å². The molecule has 0 radical (unpaired) electrons. The fourth-order valence-corrected chi connectivity index (χ4v) is 3.58. The van der Waals surface area contributed by atoms with Crippen molar-refractivity contribution in [3.05, 3.63) is 42.1 Å². The molecule has 104 valence electrons. The Labute approximate surface area is 120 Å². The molecule has 3 heteroatoms. The minimum Gasteiger partial charge on any atom is -0.310 e. The van der Waals surface area contributed by atoms with Gasteiger partial charge in [0.25, 0.3) is 0 Å². The SMILES string of the molecule is c1ccc2nc(CN3CCC4CCC(C3)N4)ccc2c1. The Bertz CT molecular complexity index is 610. The molecule has 1 N–H and O–H groups in total. The van der Waals surface area contributed by atoms with Crippen molar-refractivity contribution in [1.29, 1.82) is 0 Å². The summed E-state index contributed by atoms with van der Waals surface area (Å²) in [6, 6.07) is 14.2. The molecule has 0 aliphatic carbocycles. The third-order valence-corrected chi connectivity index (χ3v) is 4.65. The highest BCUT2D eigenvalue weighted by molar-refractivity contribution is 5.78. The van der Waals surface area contributed by atoms with Crippen LogP contribution in [0.3, 0.4) is 0 Å². The molecule has 0 amide bonds. The quantitative estimate of drug-likeness (QED) is 0.906. The highest BCUT2D eigenvalue weighted by Gasteiger charge is 2.29. The maximum absolute atomic E-state index is 4.80. The topological polar surface area (TPSA) is 28.2 Å². The average molecular weight is 267 g/mol. The first-order valence-corrected chi connectivity index (χ1v) is 7.70. The summed E-state index contributed by atoms with van der Waals surface area (Å²) in [7, 11) is 0. The van der Waals surface area contributed by atoms with Gasteiger partial charge in [-0.05, 0) is 31.4 Å². The third kappa shape index (κ3) is 2.43. The number of hydrogen-bond acceptors (Lipinski definition) is 3. The summed E-state index contributed by atoms with van der Waals surface area (Å²) in [6.07, 6.45) is 3.99. The van der Waals surface area contributed by atoms with E-state index in [4.69, 9.17) is 4.98 Å². The minimum atomic E-state index is 0.697. The molecule has 2 aromatic rings. The van der Waals surface area contributed by atoms with Crippen molar-refractivity contribution in [3.63, 3.8) is 0 Å². The summed E-state index contributed by atoms with van der Waals surface area (Å²) in [4.78, 5) is 7.36. The van der Waals surface area contributed by atoms with E-state index in [9.17, 15) is 0 Å². The Kier molecular flexibility index (Phi) is 3.17. The van der Waals surface area contributed by atoms with Crippen LogP contribution in [-0.4, -0.2) is 35.1 Å². The largest absolute Gasteiger partial charge is 0.310 e. The molecule has 2 aliphatic heterocycles. The van der Waals surface area contributed by atoms with Crippen LogP contribution in [0.5, 0.6) is 0 Å². The van der Waals surface area contributed by atoms with E-state index in [2.05, 4.69) is 46.6 Å². The van der Waals surface area contributed by atoms with Crippen molar-refractivity contribution >= 4 is 10.9 Å². The lowest BCUT2D eigenvalue weighted by atomic mass is 10.1. The molecule has 1 aromatic carbocycles. The Morgan fingerprint density at radius 3 is 2.95 bits per heavy atom. The van der Waals surface area contributed by atoms with Crippen molar-refractivity contribution in [3.8, 4) is 0 Å².